The van der Waals surface area contributed by atoms with Gasteiger partial charge in [-0.05, 0) is 84.9 Å². The van der Waals surface area contributed by atoms with Crippen molar-refractivity contribution in [2.24, 2.45) is 0 Å². The van der Waals surface area contributed by atoms with Gasteiger partial charge in [0, 0.05) is 30.8 Å². The molecule has 5 heteroatoms. The molecule has 0 fully saturated rings. The van der Waals surface area contributed by atoms with E-state index in [4.69, 9.17) is 6.42 Å². The molecule has 3 aromatic carbocycles. The van der Waals surface area contributed by atoms with Crippen molar-refractivity contribution in [2.45, 2.75) is 174 Å². The molecule has 0 amide bonds. The van der Waals surface area contributed by atoms with Crippen molar-refractivity contribution in [3.05, 3.63) is 56.5 Å². The van der Waals surface area contributed by atoms with Gasteiger partial charge in [0.2, 0.25) is 0 Å². The van der Waals surface area contributed by atoms with Gasteiger partial charge in [-0.25, -0.2) is 0 Å². The fourth-order valence-corrected chi connectivity index (χ4v) is 26.3. The van der Waals surface area contributed by atoms with Crippen molar-refractivity contribution in [3.8, 4) is 34.9 Å². The van der Waals surface area contributed by atoms with E-state index < -0.39 is 24.2 Å². The van der Waals surface area contributed by atoms with Crippen LogP contribution in [0.4, 0.5) is 0 Å². The monoisotopic (exact) mass is 876 g/mol. The molecule has 0 bridgehead atoms. The molecule has 0 aliphatic carbocycles. The van der Waals surface area contributed by atoms with Crippen LogP contribution in [0.15, 0.2) is 45.3 Å². The molecule has 0 aliphatic heterocycles. The molecule has 3 rings (SSSR count). The van der Waals surface area contributed by atoms with Crippen LogP contribution in [0, 0.1) is 34.9 Å². The summed E-state index contributed by atoms with van der Waals surface area (Å²) >= 11 is 7.56. The topological polar surface area (TPSA) is 0 Å². The second kappa shape index (κ2) is 18.9. The van der Waals surface area contributed by atoms with E-state index in [1.807, 2.05) is 0 Å². The third-order valence-corrected chi connectivity index (χ3v) is 32.5. The van der Waals surface area contributed by atoms with E-state index in [9.17, 15) is 0 Å². The maximum Gasteiger partial charge on any atom is 0.146 e. The van der Waals surface area contributed by atoms with E-state index in [0.29, 0.717) is 49.9 Å². The first-order valence-electron chi connectivity index (χ1n) is 19.9. The fourth-order valence-electron chi connectivity index (χ4n) is 10.1. The Morgan fingerprint density at radius 1 is 0.404 bits per heavy atom. The van der Waals surface area contributed by atoms with Crippen LogP contribution < -0.4 is 0 Å². The Hall–Kier alpha value is -1.53. The maximum absolute atomic E-state index is 5.72. The largest absolute Gasteiger partial charge is 0.146 e. The highest BCUT2D eigenvalue weighted by molar-refractivity contribution is 9.10. The lowest BCUT2D eigenvalue weighted by molar-refractivity contribution is 0.838. The Balaban J connectivity index is 0.000000667. The molecule has 3 aromatic rings. The molecule has 0 saturated heterocycles. The SMILES string of the molecule is C#C[Si](C(C)C)(C(C)C)C(C)C.CC(C)[Si](C#Cc1c2ccc(Br)cc2c(C#C[Si](C(C)C)(C(C)C)C(C)C)c2ccc(Br)cc12)(C(C)C)C(C)C. The summed E-state index contributed by atoms with van der Waals surface area (Å²) in [5.74, 6) is 7.71. The Kier molecular flexibility index (Phi) is 16.9. The zero-order valence-electron chi connectivity index (χ0n) is 36.0. The number of hydrogen-bond donors (Lipinski definition) is 0. The normalized spacial score (nSPS) is 12.7. The zero-order chi connectivity index (χ0) is 40.1. The van der Waals surface area contributed by atoms with Gasteiger partial charge in [-0.1, -0.05) is 180 Å². The van der Waals surface area contributed by atoms with Crippen LogP contribution >= 0.6 is 31.9 Å². The minimum absolute atomic E-state index is 0.588. The van der Waals surface area contributed by atoms with E-state index in [-0.39, 0.29) is 0 Å². The van der Waals surface area contributed by atoms with Crippen LogP contribution in [0.3, 0.4) is 0 Å². The molecule has 0 aliphatic rings. The predicted molar refractivity (Wildman–Crippen MR) is 253 cm³/mol. The first-order chi connectivity index (χ1) is 24.0. The van der Waals surface area contributed by atoms with E-state index in [1.54, 1.807) is 0 Å². The molecule has 0 heterocycles. The molecule has 284 valence electrons. The molecule has 0 atom stereocenters. The average molecular weight is 879 g/mol. The second-order valence-corrected chi connectivity index (χ2v) is 36.6. The first-order valence-corrected chi connectivity index (χ1v) is 28.2. The Bertz CT molecular complexity index is 1670. The van der Waals surface area contributed by atoms with Crippen LogP contribution in [0.2, 0.25) is 49.9 Å². The Labute approximate surface area is 341 Å². The van der Waals surface area contributed by atoms with Crippen molar-refractivity contribution in [1.82, 2.24) is 0 Å². The molecule has 0 aromatic heterocycles. The zero-order valence-corrected chi connectivity index (χ0v) is 42.2. The standard InChI is InChI=1S/C36H48Br2Si2.C11H22Si/c1-23(2)39(24(3)4,25(5)6)19-17-33-31-15-13-30(38)22-36(31)34(32-16-14-29(37)21-35(32)33)18-20-40(26(7)8,27(9)10)28(11)12;1-8-12(9(2)3,10(4)5)11(6)7/h13-16,21-28H,1-12H3;1,9-11H,2-7H3. The predicted octanol–water partition coefficient (Wildman–Crippen LogP) is 16.5. The van der Waals surface area contributed by atoms with Crippen molar-refractivity contribution >= 4 is 77.6 Å². The Morgan fingerprint density at radius 3 is 0.846 bits per heavy atom. The number of rotatable bonds is 9. The molecule has 0 spiro atoms. The van der Waals surface area contributed by atoms with E-state index in [1.165, 1.54) is 21.5 Å². The van der Waals surface area contributed by atoms with E-state index in [0.717, 1.165) is 20.1 Å². The highest BCUT2D eigenvalue weighted by atomic mass is 79.9. The van der Waals surface area contributed by atoms with Gasteiger partial charge in [0.25, 0.3) is 0 Å². The van der Waals surface area contributed by atoms with Crippen molar-refractivity contribution in [2.75, 3.05) is 0 Å². The van der Waals surface area contributed by atoms with Crippen LogP contribution in [-0.4, -0.2) is 24.2 Å². The molecule has 0 N–H and O–H groups in total. The third-order valence-electron chi connectivity index (χ3n) is 12.7. The van der Waals surface area contributed by atoms with Gasteiger partial charge in [-0.2, -0.15) is 0 Å². The second-order valence-electron chi connectivity index (χ2n) is 18.0. The molecule has 0 saturated carbocycles. The number of benzene rings is 3. The average Bonchev–Trinajstić information content (AvgIpc) is 3.01. The van der Waals surface area contributed by atoms with Gasteiger partial charge >= 0.3 is 0 Å². The minimum Gasteiger partial charge on any atom is -0.134 e. The van der Waals surface area contributed by atoms with Gasteiger partial charge in [0.15, 0.2) is 0 Å². The maximum atomic E-state index is 5.72. The summed E-state index contributed by atoms with van der Waals surface area (Å²) in [6.45, 7) is 42.3. The molecule has 0 radical (unpaired) electrons. The summed E-state index contributed by atoms with van der Waals surface area (Å²) in [6.07, 6.45) is 5.72. The lowest BCUT2D eigenvalue weighted by Crippen LogP contribution is -2.43. The molecular weight excluding hydrogens is 809 g/mol. The number of halogens is 2. The number of hydrogen-bond acceptors (Lipinski definition) is 0. The van der Waals surface area contributed by atoms with Gasteiger partial charge in [0.05, 0.1) is 0 Å². The van der Waals surface area contributed by atoms with Crippen molar-refractivity contribution < 1.29 is 0 Å². The van der Waals surface area contributed by atoms with Crippen LogP contribution in [0.1, 0.15) is 136 Å². The lowest BCUT2D eigenvalue weighted by atomic mass is 9.92. The summed E-state index contributed by atoms with van der Waals surface area (Å²) in [5.41, 5.74) is 19.1. The Morgan fingerprint density at radius 2 is 0.654 bits per heavy atom. The lowest BCUT2D eigenvalue weighted by Gasteiger charge is -2.38. The first kappa shape index (κ1) is 46.6. The van der Waals surface area contributed by atoms with E-state index in [2.05, 4.69) is 221 Å². The third kappa shape index (κ3) is 9.11. The van der Waals surface area contributed by atoms with Crippen molar-refractivity contribution in [3.63, 3.8) is 0 Å². The molecule has 52 heavy (non-hydrogen) atoms. The molecule has 0 nitrogen and oxygen atoms in total. The number of terminal acetylenes is 1. The van der Waals surface area contributed by atoms with Crippen LogP contribution in [0.5, 0.6) is 0 Å². The highest BCUT2D eigenvalue weighted by Crippen LogP contribution is 2.44. The summed E-state index contributed by atoms with van der Waals surface area (Å²) in [5, 5.41) is 4.81. The summed E-state index contributed by atoms with van der Waals surface area (Å²) in [4.78, 5) is 0. The van der Waals surface area contributed by atoms with Gasteiger partial charge in [-0.15, -0.1) is 23.1 Å². The van der Waals surface area contributed by atoms with Crippen LogP contribution in [-0.2, 0) is 0 Å². The smallest absolute Gasteiger partial charge is 0.134 e. The summed E-state index contributed by atoms with van der Waals surface area (Å²) in [7, 11) is -5.29. The van der Waals surface area contributed by atoms with Gasteiger partial charge in [0.1, 0.15) is 24.2 Å². The fraction of sp³-hybridized carbons (Fsp3) is 0.574. The van der Waals surface area contributed by atoms with Crippen LogP contribution in [0.25, 0.3) is 21.5 Å². The van der Waals surface area contributed by atoms with Crippen molar-refractivity contribution in [1.29, 1.82) is 0 Å². The highest BCUT2D eigenvalue weighted by Gasteiger charge is 2.43. The molecule has 0 unspecified atom stereocenters. The minimum atomic E-state index is -1.91. The van der Waals surface area contributed by atoms with Gasteiger partial charge in [-0.3, -0.25) is 0 Å². The molecular formula is C47H70Br2Si3. The number of fused-ring (bicyclic) bond motifs is 2. The van der Waals surface area contributed by atoms with E-state index >= 15 is 0 Å². The van der Waals surface area contributed by atoms with Gasteiger partial charge < -0.3 is 0 Å². The summed E-state index contributed by atoms with van der Waals surface area (Å²) in [6, 6.07) is 13.3. The quantitative estimate of drug-likeness (QED) is 0.114. The summed E-state index contributed by atoms with van der Waals surface area (Å²) < 4.78 is 2.16.